The summed E-state index contributed by atoms with van der Waals surface area (Å²) in [5.41, 5.74) is 3.82. The summed E-state index contributed by atoms with van der Waals surface area (Å²) in [5.74, 6) is 0. The molecule has 0 N–H and O–H groups in total. The lowest BCUT2D eigenvalue weighted by Gasteiger charge is -2.24. The lowest BCUT2D eigenvalue weighted by atomic mass is 9.82. The Kier molecular flexibility index (Phi) is 5.77. The molecule has 0 spiro atoms. The van der Waals surface area contributed by atoms with Gasteiger partial charge in [-0.15, -0.1) is 11.6 Å². The van der Waals surface area contributed by atoms with Crippen molar-refractivity contribution in [1.82, 2.24) is 0 Å². The summed E-state index contributed by atoms with van der Waals surface area (Å²) in [6.45, 7) is 6.77. The normalized spacial score (nSPS) is 13.2. The third-order valence-corrected chi connectivity index (χ3v) is 5.98. The second-order valence-electron chi connectivity index (χ2n) is 5.89. The predicted octanol–water partition coefficient (Wildman–Crippen LogP) is 7.07. The summed E-state index contributed by atoms with van der Waals surface area (Å²) in [7, 11) is 0. The van der Waals surface area contributed by atoms with Gasteiger partial charge < -0.3 is 0 Å². The molecule has 2 aromatic carbocycles. The maximum Gasteiger partial charge on any atom is 0.0846 e. The first-order valence-electron chi connectivity index (χ1n) is 7.04. The van der Waals surface area contributed by atoms with E-state index in [1.165, 1.54) is 9.13 Å². The lowest BCUT2D eigenvalue weighted by molar-refractivity contribution is 0.506. The van der Waals surface area contributed by atoms with Crippen LogP contribution in [-0.2, 0) is 5.41 Å². The van der Waals surface area contributed by atoms with Gasteiger partial charge in [0.1, 0.15) is 0 Å². The second-order valence-corrected chi connectivity index (χ2v) is 8.42. The molecule has 0 aliphatic carbocycles. The molecule has 3 heteroatoms. The van der Waals surface area contributed by atoms with Gasteiger partial charge in [-0.3, -0.25) is 0 Å². The molecule has 0 aromatic heterocycles. The Labute approximate surface area is 154 Å². The molecule has 112 valence electrons. The van der Waals surface area contributed by atoms with Crippen LogP contribution in [-0.4, -0.2) is 0 Å². The predicted molar refractivity (Wildman–Crippen MR) is 104 cm³/mol. The molecule has 0 nitrogen and oxygen atoms in total. The highest BCUT2D eigenvalue weighted by molar-refractivity contribution is 14.1. The third-order valence-electron chi connectivity index (χ3n) is 4.10. The lowest BCUT2D eigenvalue weighted by Crippen LogP contribution is -2.15. The molecule has 2 aromatic rings. The maximum atomic E-state index is 6.68. The molecule has 0 amide bonds. The van der Waals surface area contributed by atoms with Crippen molar-refractivity contribution in [3.05, 3.63) is 67.2 Å². The van der Waals surface area contributed by atoms with Gasteiger partial charge in [0.15, 0.2) is 0 Å². The summed E-state index contributed by atoms with van der Waals surface area (Å²) >= 11 is 12.6. The van der Waals surface area contributed by atoms with E-state index in [2.05, 4.69) is 102 Å². The summed E-state index contributed by atoms with van der Waals surface area (Å²) in [6.07, 6.45) is 1.12. The van der Waals surface area contributed by atoms with Gasteiger partial charge in [0.2, 0.25) is 0 Å². The highest BCUT2D eigenvalue weighted by Gasteiger charge is 2.19. The van der Waals surface area contributed by atoms with E-state index in [1.807, 2.05) is 0 Å². The third kappa shape index (κ3) is 4.02. The average Bonchev–Trinajstić information content (AvgIpc) is 2.49. The standard InChI is InChI=1S/C18H19BrClI/c1-4-18(2,3)13-7-5-12(6-8-13)17(20)15-11-14(21)9-10-16(15)19/h5-11,17H,4H2,1-3H3. The Bertz CT molecular complexity index is 620. The first kappa shape index (κ1) is 17.3. The van der Waals surface area contributed by atoms with Gasteiger partial charge in [0, 0.05) is 8.04 Å². The highest BCUT2D eigenvalue weighted by atomic mass is 127. The van der Waals surface area contributed by atoms with E-state index < -0.39 is 0 Å². The van der Waals surface area contributed by atoms with Crippen LogP contribution in [0.15, 0.2) is 46.9 Å². The average molecular weight is 478 g/mol. The Balaban J connectivity index is 2.32. The topological polar surface area (TPSA) is 0 Å². The van der Waals surface area contributed by atoms with E-state index in [9.17, 15) is 0 Å². The number of benzene rings is 2. The quantitative estimate of drug-likeness (QED) is 0.326. The minimum absolute atomic E-state index is 0.132. The Morgan fingerprint density at radius 3 is 2.33 bits per heavy atom. The summed E-state index contributed by atoms with van der Waals surface area (Å²) in [6, 6.07) is 15.0. The van der Waals surface area contributed by atoms with Crippen molar-refractivity contribution < 1.29 is 0 Å². The van der Waals surface area contributed by atoms with Crippen molar-refractivity contribution in [2.45, 2.75) is 38.0 Å². The fraction of sp³-hybridized carbons (Fsp3) is 0.333. The molecular weight excluding hydrogens is 458 g/mol. The molecule has 0 aliphatic heterocycles. The van der Waals surface area contributed by atoms with Gasteiger partial charge in [-0.05, 0) is 69.3 Å². The molecule has 0 bridgehead atoms. The van der Waals surface area contributed by atoms with Crippen molar-refractivity contribution in [2.24, 2.45) is 0 Å². The van der Waals surface area contributed by atoms with Crippen LogP contribution in [0.25, 0.3) is 0 Å². The monoisotopic (exact) mass is 476 g/mol. The molecular formula is C18H19BrClI. The molecule has 0 heterocycles. The van der Waals surface area contributed by atoms with Crippen LogP contribution in [0.1, 0.15) is 49.3 Å². The smallest absolute Gasteiger partial charge is 0.0846 e. The molecule has 1 unspecified atom stereocenters. The molecule has 0 saturated heterocycles. The van der Waals surface area contributed by atoms with E-state index in [0.717, 1.165) is 22.0 Å². The molecule has 21 heavy (non-hydrogen) atoms. The molecule has 0 fully saturated rings. The second kappa shape index (κ2) is 7.01. The summed E-state index contributed by atoms with van der Waals surface area (Å²) in [4.78, 5) is 0. The maximum absolute atomic E-state index is 6.68. The van der Waals surface area contributed by atoms with Gasteiger partial charge >= 0.3 is 0 Å². The first-order chi connectivity index (χ1) is 9.85. The highest BCUT2D eigenvalue weighted by Crippen LogP contribution is 2.36. The zero-order valence-electron chi connectivity index (χ0n) is 12.5. The number of hydrogen-bond acceptors (Lipinski definition) is 0. The fourth-order valence-corrected chi connectivity index (χ4v) is 3.64. The number of hydrogen-bond donors (Lipinski definition) is 0. The van der Waals surface area contributed by atoms with Gasteiger partial charge in [-0.2, -0.15) is 0 Å². The molecule has 1 atom stereocenters. The van der Waals surface area contributed by atoms with E-state index in [1.54, 1.807) is 0 Å². The van der Waals surface area contributed by atoms with Crippen molar-refractivity contribution in [2.75, 3.05) is 0 Å². The Morgan fingerprint density at radius 2 is 1.76 bits per heavy atom. The SMILES string of the molecule is CCC(C)(C)c1ccc(C(Cl)c2cc(I)ccc2Br)cc1. The summed E-state index contributed by atoms with van der Waals surface area (Å²) in [5, 5.41) is -0.132. The van der Waals surface area contributed by atoms with Crippen LogP contribution in [0.5, 0.6) is 0 Å². The van der Waals surface area contributed by atoms with Crippen LogP contribution in [0.2, 0.25) is 0 Å². The van der Waals surface area contributed by atoms with Crippen molar-refractivity contribution in [3.8, 4) is 0 Å². The number of halogens is 3. The van der Waals surface area contributed by atoms with Gasteiger partial charge in [-0.25, -0.2) is 0 Å². The molecule has 0 radical (unpaired) electrons. The van der Waals surface area contributed by atoms with Gasteiger partial charge in [0.05, 0.1) is 5.38 Å². The van der Waals surface area contributed by atoms with E-state index >= 15 is 0 Å². The zero-order valence-corrected chi connectivity index (χ0v) is 17.0. The van der Waals surface area contributed by atoms with Crippen molar-refractivity contribution >= 4 is 50.1 Å². The number of rotatable bonds is 4. The number of alkyl halides is 1. The van der Waals surface area contributed by atoms with E-state index in [4.69, 9.17) is 11.6 Å². The van der Waals surface area contributed by atoms with Crippen LogP contribution in [0, 0.1) is 3.57 Å². The minimum Gasteiger partial charge on any atom is -0.113 e. The molecule has 0 saturated carbocycles. The Morgan fingerprint density at radius 1 is 1.14 bits per heavy atom. The van der Waals surface area contributed by atoms with E-state index in [-0.39, 0.29) is 10.8 Å². The van der Waals surface area contributed by atoms with Crippen LogP contribution in [0.4, 0.5) is 0 Å². The van der Waals surface area contributed by atoms with Crippen molar-refractivity contribution in [3.63, 3.8) is 0 Å². The van der Waals surface area contributed by atoms with Crippen molar-refractivity contribution in [1.29, 1.82) is 0 Å². The Hall–Kier alpha value is -0.0600. The van der Waals surface area contributed by atoms with Gasteiger partial charge in [0.25, 0.3) is 0 Å². The zero-order chi connectivity index (χ0) is 15.6. The fourth-order valence-electron chi connectivity index (χ4n) is 2.20. The minimum atomic E-state index is -0.132. The van der Waals surface area contributed by atoms with Crippen LogP contribution >= 0.6 is 50.1 Å². The molecule has 2 rings (SSSR count). The largest absolute Gasteiger partial charge is 0.113 e. The first-order valence-corrected chi connectivity index (χ1v) is 9.35. The van der Waals surface area contributed by atoms with Crippen LogP contribution in [0.3, 0.4) is 0 Å². The van der Waals surface area contributed by atoms with Gasteiger partial charge in [-0.1, -0.05) is 61.0 Å². The van der Waals surface area contributed by atoms with E-state index in [0.29, 0.717) is 0 Å². The molecule has 0 aliphatic rings. The van der Waals surface area contributed by atoms with Crippen LogP contribution < -0.4 is 0 Å². The summed E-state index contributed by atoms with van der Waals surface area (Å²) < 4.78 is 2.25.